The first-order valence-electron chi connectivity index (χ1n) is 10.6. The summed E-state index contributed by atoms with van der Waals surface area (Å²) in [6.07, 6.45) is 6.76. The number of aromatic nitrogens is 1. The second-order valence-corrected chi connectivity index (χ2v) is 8.74. The number of hydrogen-bond acceptors (Lipinski definition) is 2. The maximum absolute atomic E-state index is 6.30. The van der Waals surface area contributed by atoms with Crippen LogP contribution < -0.4 is 0 Å². The van der Waals surface area contributed by atoms with Gasteiger partial charge in [0, 0.05) is 42.8 Å². The Labute approximate surface area is 167 Å². The van der Waals surface area contributed by atoms with Crippen molar-refractivity contribution >= 4 is 10.9 Å². The summed E-state index contributed by atoms with van der Waals surface area (Å²) in [6, 6.07) is 16.0. The lowest BCUT2D eigenvalue weighted by Gasteiger charge is -2.45. The van der Waals surface area contributed by atoms with Crippen LogP contribution in [0.5, 0.6) is 0 Å². The van der Waals surface area contributed by atoms with E-state index in [1.54, 1.807) is 0 Å². The minimum Gasteiger partial charge on any atom is -0.375 e. The van der Waals surface area contributed by atoms with Crippen molar-refractivity contribution in [3.8, 4) is 0 Å². The number of benzene rings is 2. The highest BCUT2D eigenvalue weighted by atomic mass is 16.5. The second-order valence-electron chi connectivity index (χ2n) is 8.74. The van der Waals surface area contributed by atoms with Gasteiger partial charge in [-0.3, -0.25) is 4.90 Å². The summed E-state index contributed by atoms with van der Waals surface area (Å²) in [5.41, 5.74) is 7.00. The Hall–Kier alpha value is -2.10. The molecule has 2 saturated heterocycles. The highest BCUT2D eigenvalue weighted by Gasteiger charge is 2.43. The van der Waals surface area contributed by atoms with Crippen LogP contribution in [0.3, 0.4) is 0 Å². The van der Waals surface area contributed by atoms with Crippen molar-refractivity contribution in [1.29, 1.82) is 0 Å². The molecule has 2 aliphatic rings. The van der Waals surface area contributed by atoms with Gasteiger partial charge in [0.1, 0.15) is 0 Å². The van der Waals surface area contributed by atoms with E-state index in [2.05, 4.69) is 72.4 Å². The Morgan fingerprint density at radius 3 is 2.75 bits per heavy atom. The molecule has 28 heavy (non-hydrogen) atoms. The van der Waals surface area contributed by atoms with E-state index in [1.807, 2.05) is 0 Å². The fourth-order valence-corrected chi connectivity index (χ4v) is 5.45. The SMILES string of the molecule is Cc1cc(C)c2[nH]ccc2c1CN1CC[C@@]2(CCCO2)C[C@H]1c1ccccc1. The summed E-state index contributed by atoms with van der Waals surface area (Å²) in [4.78, 5) is 6.12. The molecule has 146 valence electrons. The Balaban J connectivity index is 1.51. The first-order valence-corrected chi connectivity index (χ1v) is 10.6. The maximum atomic E-state index is 6.30. The molecule has 0 amide bonds. The van der Waals surface area contributed by atoms with E-state index in [-0.39, 0.29) is 5.60 Å². The predicted molar refractivity (Wildman–Crippen MR) is 115 cm³/mol. The largest absolute Gasteiger partial charge is 0.375 e. The average Bonchev–Trinajstić information content (AvgIpc) is 3.37. The number of likely N-dealkylation sites (tertiary alicyclic amines) is 1. The van der Waals surface area contributed by atoms with Gasteiger partial charge >= 0.3 is 0 Å². The van der Waals surface area contributed by atoms with Crippen LogP contribution in [0.15, 0.2) is 48.7 Å². The molecule has 0 saturated carbocycles. The molecular weight excluding hydrogens is 344 g/mol. The number of aromatic amines is 1. The summed E-state index contributed by atoms with van der Waals surface area (Å²) in [5, 5.41) is 1.38. The molecule has 0 radical (unpaired) electrons. The lowest BCUT2D eigenvalue weighted by atomic mass is 9.81. The van der Waals surface area contributed by atoms with Crippen LogP contribution in [0.1, 0.15) is 54.0 Å². The van der Waals surface area contributed by atoms with E-state index in [0.29, 0.717) is 6.04 Å². The Bertz CT molecular complexity index is 969. The Morgan fingerprint density at radius 1 is 1.11 bits per heavy atom. The lowest BCUT2D eigenvalue weighted by Crippen LogP contribution is -2.45. The first-order chi connectivity index (χ1) is 13.7. The fraction of sp³-hybridized carbons (Fsp3) is 0.440. The van der Waals surface area contributed by atoms with Gasteiger partial charge in [0.25, 0.3) is 0 Å². The van der Waals surface area contributed by atoms with Crippen LogP contribution >= 0.6 is 0 Å². The van der Waals surface area contributed by atoms with Gasteiger partial charge in [0.15, 0.2) is 0 Å². The van der Waals surface area contributed by atoms with Crippen LogP contribution in [0.25, 0.3) is 10.9 Å². The third-order valence-corrected chi connectivity index (χ3v) is 6.97. The van der Waals surface area contributed by atoms with E-state index in [4.69, 9.17) is 4.74 Å². The molecule has 1 aromatic heterocycles. The number of ether oxygens (including phenoxy) is 1. The molecule has 3 nitrogen and oxygen atoms in total. The van der Waals surface area contributed by atoms with Gasteiger partial charge < -0.3 is 9.72 Å². The van der Waals surface area contributed by atoms with Crippen molar-refractivity contribution in [2.24, 2.45) is 0 Å². The van der Waals surface area contributed by atoms with Gasteiger partial charge in [-0.2, -0.15) is 0 Å². The monoisotopic (exact) mass is 374 g/mol. The number of hydrogen-bond donors (Lipinski definition) is 1. The zero-order valence-corrected chi connectivity index (χ0v) is 17.0. The zero-order valence-electron chi connectivity index (χ0n) is 17.0. The molecule has 1 spiro atoms. The molecule has 2 fully saturated rings. The zero-order chi connectivity index (χ0) is 19.1. The molecule has 3 heterocycles. The van der Waals surface area contributed by atoms with Crippen molar-refractivity contribution in [3.05, 3.63) is 70.9 Å². The van der Waals surface area contributed by atoms with E-state index >= 15 is 0 Å². The minimum atomic E-state index is 0.0999. The van der Waals surface area contributed by atoms with Gasteiger partial charge in [0.05, 0.1) is 5.60 Å². The van der Waals surface area contributed by atoms with Crippen LogP contribution in [-0.4, -0.2) is 28.6 Å². The predicted octanol–water partition coefficient (Wildman–Crippen LogP) is 5.67. The number of aryl methyl sites for hydroxylation is 2. The number of H-pyrrole nitrogens is 1. The van der Waals surface area contributed by atoms with Gasteiger partial charge in [-0.05, 0) is 67.9 Å². The Kier molecular flexibility index (Phi) is 4.53. The standard InChI is InChI=1S/C25H30N2O/c1-18-15-19(2)24-21(9-12-26-24)22(18)17-27-13-11-25(10-6-14-28-25)16-23(27)20-7-4-3-5-8-20/h3-5,7-9,12,15,23,26H,6,10-11,13-14,16-17H2,1-2H3/t23-,25-/m0/s1. The fourth-order valence-electron chi connectivity index (χ4n) is 5.45. The number of nitrogens with one attached hydrogen (secondary N) is 1. The normalized spacial score (nSPS) is 25.7. The molecule has 2 aliphatic heterocycles. The van der Waals surface area contributed by atoms with Gasteiger partial charge in [-0.15, -0.1) is 0 Å². The summed E-state index contributed by atoms with van der Waals surface area (Å²) in [6.45, 7) is 7.49. The van der Waals surface area contributed by atoms with Crippen molar-refractivity contribution in [2.75, 3.05) is 13.2 Å². The molecule has 0 unspecified atom stereocenters. The maximum Gasteiger partial charge on any atom is 0.0713 e. The van der Waals surface area contributed by atoms with E-state index in [1.165, 1.54) is 46.0 Å². The summed E-state index contributed by atoms with van der Waals surface area (Å²) in [7, 11) is 0. The Morgan fingerprint density at radius 2 is 1.96 bits per heavy atom. The first kappa shape index (κ1) is 18.0. The lowest BCUT2D eigenvalue weighted by molar-refractivity contribution is -0.0675. The van der Waals surface area contributed by atoms with Crippen molar-refractivity contribution in [2.45, 2.75) is 57.7 Å². The molecule has 2 atom stereocenters. The van der Waals surface area contributed by atoms with Crippen molar-refractivity contribution < 1.29 is 4.74 Å². The third-order valence-electron chi connectivity index (χ3n) is 6.97. The molecule has 1 N–H and O–H groups in total. The number of rotatable bonds is 3. The number of piperidine rings is 1. The highest BCUT2D eigenvalue weighted by molar-refractivity contribution is 5.86. The molecule has 3 heteroatoms. The van der Waals surface area contributed by atoms with Crippen molar-refractivity contribution in [1.82, 2.24) is 9.88 Å². The average molecular weight is 375 g/mol. The van der Waals surface area contributed by atoms with Crippen LogP contribution in [0.4, 0.5) is 0 Å². The summed E-state index contributed by atoms with van der Waals surface area (Å²) < 4.78 is 6.30. The number of nitrogens with zero attached hydrogens (tertiary/aromatic N) is 1. The number of fused-ring (bicyclic) bond motifs is 1. The summed E-state index contributed by atoms with van der Waals surface area (Å²) >= 11 is 0. The molecule has 5 rings (SSSR count). The second kappa shape index (κ2) is 7.06. The van der Waals surface area contributed by atoms with E-state index in [9.17, 15) is 0 Å². The quantitative estimate of drug-likeness (QED) is 0.640. The molecule has 2 aromatic carbocycles. The highest BCUT2D eigenvalue weighted by Crippen LogP contribution is 2.44. The van der Waals surface area contributed by atoms with Crippen molar-refractivity contribution in [3.63, 3.8) is 0 Å². The molecule has 0 aliphatic carbocycles. The molecule has 3 aromatic rings. The smallest absolute Gasteiger partial charge is 0.0713 e. The van der Waals surface area contributed by atoms with E-state index in [0.717, 1.165) is 32.5 Å². The van der Waals surface area contributed by atoms with Crippen LogP contribution in [0, 0.1) is 13.8 Å². The topological polar surface area (TPSA) is 28.3 Å². The van der Waals surface area contributed by atoms with Crippen LogP contribution in [0.2, 0.25) is 0 Å². The molecular formula is C25H30N2O. The van der Waals surface area contributed by atoms with E-state index < -0.39 is 0 Å². The van der Waals surface area contributed by atoms with Crippen LogP contribution in [-0.2, 0) is 11.3 Å². The summed E-state index contributed by atoms with van der Waals surface area (Å²) in [5.74, 6) is 0. The van der Waals surface area contributed by atoms with Gasteiger partial charge in [-0.1, -0.05) is 36.4 Å². The third kappa shape index (κ3) is 3.07. The van der Waals surface area contributed by atoms with Gasteiger partial charge in [-0.25, -0.2) is 0 Å². The van der Waals surface area contributed by atoms with Gasteiger partial charge in [0.2, 0.25) is 0 Å². The minimum absolute atomic E-state index is 0.0999. The molecule has 0 bridgehead atoms.